The Morgan fingerprint density at radius 1 is 0.903 bits per heavy atom. The highest BCUT2D eigenvalue weighted by Gasteiger charge is 2.13. The Kier molecular flexibility index (Phi) is 6.88. The van der Waals surface area contributed by atoms with Gasteiger partial charge in [-0.15, -0.1) is 0 Å². The van der Waals surface area contributed by atoms with E-state index in [0.29, 0.717) is 28.4 Å². The van der Waals surface area contributed by atoms with Crippen LogP contribution < -0.4 is 19.0 Å². The zero-order valence-corrected chi connectivity index (χ0v) is 17.6. The summed E-state index contributed by atoms with van der Waals surface area (Å²) in [6.45, 7) is 0. The molecule has 1 N–H and O–H groups in total. The first-order valence-corrected chi connectivity index (χ1v) is 10.6. The summed E-state index contributed by atoms with van der Waals surface area (Å²) in [6.07, 6.45) is 1.35. The van der Waals surface area contributed by atoms with Crippen LogP contribution in [0, 0.1) is 0 Å². The molecular weight excluding hydrogens is 420 g/mol. The van der Waals surface area contributed by atoms with Gasteiger partial charge in [0, 0.05) is 0 Å². The number of methoxy groups -OCH3 is 2. The van der Waals surface area contributed by atoms with Crippen LogP contribution in [-0.2, 0) is 10.0 Å². The summed E-state index contributed by atoms with van der Waals surface area (Å²) in [5, 5.41) is 3.77. The van der Waals surface area contributed by atoms with Crippen LogP contribution in [0.2, 0.25) is 0 Å². The molecule has 0 radical (unpaired) electrons. The van der Waals surface area contributed by atoms with E-state index in [0.717, 1.165) is 0 Å². The van der Waals surface area contributed by atoms with Crippen molar-refractivity contribution < 1.29 is 27.4 Å². The Hall–Kier alpha value is -3.85. The fourth-order valence-electron chi connectivity index (χ4n) is 2.57. The van der Waals surface area contributed by atoms with Crippen molar-refractivity contribution >= 4 is 22.2 Å². The third kappa shape index (κ3) is 5.61. The number of ether oxygens (including phenoxy) is 3. The molecular formula is C22H20N2O6S. The van der Waals surface area contributed by atoms with Gasteiger partial charge in [-0.05, 0) is 60.2 Å². The van der Waals surface area contributed by atoms with Crippen LogP contribution in [0.15, 0.2) is 82.8 Å². The second-order valence-corrected chi connectivity index (χ2v) is 7.86. The highest BCUT2D eigenvalue weighted by atomic mass is 32.2. The van der Waals surface area contributed by atoms with Crippen molar-refractivity contribution in [3.63, 3.8) is 0 Å². The monoisotopic (exact) mass is 440 g/mol. The normalized spacial score (nSPS) is 11.2. The average Bonchev–Trinajstić information content (AvgIpc) is 2.80. The zero-order valence-electron chi connectivity index (χ0n) is 16.8. The number of carbonyl (C=O) groups excluding carboxylic acids is 1. The molecule has 3 aromatic carbocycles. The van der Waals surface area contributed by atoms with Crippen molar-refractivity contribution in [1.29, 1.82) is 0 Å². The Morgan fingerprint density at radius 3 is 2.23 bits per heavy atom. The van der Waals surface area contributed by atoms with Crippen LogP contribution in [0.25, 0.3) is 0 Å². The predicted molar refractivity (Wildman–Crippen MR) is 115 cm³/mol. The third-order valence-electron chi connectivity index (χ3n) is 4.15. The van der Waals surface area contributed by atoms with E-state index in [1.165, 1.54) is 38.6 Å². The largest absolute Gasteiger partial charge is 0.493 e. The van der Waals surface area contributed by atoms with Crippen LogP contribution in [-0.4, -0.2) is 34.8 Å². The summed E-state index contributed by atoms with van der Waals surface area (Å²) in [5.74, 6) is 0.687. The van der Waals surface area contributed by atoms with Crippen LogP contribution in [0.3, 0.4) is 0 Å². The molecule has 0 bridgehead atoms. The van der Waals surface area contributed by atoms with E-state index >= 15 is 0 Å². The van der Waals surface area contributed by atoms with Crippen molar-refractivity contribution in [2.24, 2.45) is 5.10 Å². The summed E-state index contributed by atoms with van der Waals surface area (Å²) >= 11 is 0. The Morgan fingerprint density at radius 2 is 1.58 bits per heavy atom. The van der Waals surface area contributed by atoms with Crippen molar-refractivity contribution in [3.8, 4) is 17.2 Å². The number of hydrogen-bond donors (Lipinski definition) is 1. The first kappa shape index (κ1) is 21.8. The van der Waals surface area contributed by atoms with Gasteiger partial charge in [0.25, 0.3) is 10.0 Å². The van der Waals surface area contributed by atoms with Gasteiger partial charge < -0.3 is 14.2 Å². The van der Waals surface area contributed by atoms with Gasteiger partial charge in [-0.25, -0.2) is 9.63 Å². The maximum Gasteiger partial charge on any atom is 0.343 e. The summed E-state index contributed by atoms with van der Waals surface area (Å²) in [5.41, 5.74) is 0.917. The minimum Gasteiger partial charge on any atom is -0.493 e. The van der Waals surface area contributed by atoms with Gasteiger partial charge in [-0.1, -0.05) is 18.2 Å². The lowest BCUT2D eigenvalue weighted by Crippen LogP contribution is -2.18. The highest BCUT2D eigenvalue weighted by molar-refractivity contribution is 7.89. The molecule has 0 amide bonds. The topological polar surface area (TPSA) is 103 Å². The first-order chi connectivity index (χ1) is 14.9. The second kappa shape index (κ2) is 9.77. The molecule has 3 aromatic rings. The van der Waals surface area contributed by atoms with Gasteiger partial charge in [0.1, 0.15) is 5.75 Å². The summed E-state index contributed by atoms with van der Waals surface area (Å²) in [7, 11) is -0.746. The number of nitrogens with one attached hydrogen (secondary N) is 1. The van der Waals surface area contributed by atoms with Crippen molar-refractivity contribution in [1.82, 2.24) is 4.83 Å². The summed E-state index contributed by atoms with van der Waals surface area (Å²) in [4.78, 5) is 14.6. The van der Waals surface area contributed by atoms with Crippen LogP contribution in [0.5, 0.6) is 17.2 Å². The summed E-state index contributed by atoms with van der Waals surface area (Å²) < 4.78 is 39.9. The first-order valence-electron chi connectivity index (χ1n) is 9.07. The Bertz CT molecular complexity index is 1180. The SMILES string of the molecule is COc1ccc(C(=O)Oc2ccc(/C=N\NS(=O)(=O)c3ccccc3)cc2)cc1OC. The van der Waals surface area contributed by atoms with Gasteiger partial charge in [-0.3, -0.25) is 0 Å². The molecule has 160 valence electrons. The van der Waals surface area contributed by atoms with E-state index in [1.807, 2.05) is 0 Å². The molecule has 0 saturated heterocycles. The third-order valence-corrected chi connectivity index (χ3v) is 5.39. The summed E-state index contributed by atoms with van der Waals surface area (Å²) in [6, 6.07) is 19.1. The molecule has 3 rings (SSSR count). The smallest absolute Gasteiger partial charge is 0.343 e. The van der Waals surface area contributed by atoms with Crippen molar-refractivity contribution in [3.05, 3.63) is 83.9 Å². The van der Waals surface area contributed by atoms with E-state index < -0.39 is 16.0 Å². The number of rotatable bonds is 8. The molecule has 0 fully saturated rings. The average molecular weight is 440 g/mol. The minimum atomic E-state index is -3.73. The second-order valence-electron chi connectivity index (χ2n) is 6.19. The Balaban J connectivity index is 1.62. The van der Waals surface area contributed by atoms with Gasteiger partial charge in [0.05, 0.1) is 30.9 Å². The Labute approximate surface area is 180 Å². The molecule has 31 heavy (non-hydrogen) atoms. The molecule has 0 saturated carbocycles. The maximum absolute atomic E-state index is 12.4. The molecule has 0 aliphatic heterocycles. The van der Waals surface area contributed by atoms with E-state index in [1.54, 1.807) is 54.6 Å². The minimum absolute atomic E-state index is 0.115. The fourth-order valence-corrected chi connectivity index (χ4v) is 3.39. The van der Waals surface area contributed by atoms with Crippen molar-refractivity contribution in [2.75, 3.05) is 14.2 Å². The number of sulfonamides is 1. The van der Waals surface area contributed by atoms with Crippen LogP contribution >= 0.6 is 0 Å². The zero-order chi connectivity index (χ0) is 22.3. The molecule has 8 nitrogen and oxygen atoms in total. The molecule has 0 aromatic heterocycles. The molecule has 0 aliphatic rings. The lowest BCUT2D eigenvalue weighted by atomic mass is 10.2. The standard InChI is InChI=1S/C22H20N2O6S/c1-28-20-13-10-17(14-21(20)29-2)22(25)30-18-11-8-16(9-12-18)15-23-24-31(26,27)19-6-4-3-5-7-19/h3-15,24H,1-2H3/b23-15-. The maximum atomic E-state index is 12.4. The number of esters is 1. The number of nitrogens with zero attached hydrogens (tertiary/aromatic N) is 1. The van der Waals surface area contributed by atoms with Gasteiger partial charge in [0.15, 0.2) is 11.5 Å². The molecule has 0 unspecified atom stereocenters. The van der Waals surface area contributed by atoms with E-state index in [4.69, 9.17) is 14.2 Å². The number of hydrogen-bond acceptors (Lipinski definition) is 7. The van der Waals surface area contributed by atoms with Crippen LogP contribution in [0.1, 0.15) is 15.9 Å². The molecule has 0 atom stereocenters. The lowest BCUT2D eigenvalue weighted by Gasteiger charge is -2.09. The van der Waals surface area contributed by atoms with Crippen LogP contribution in [0.4, 0.5) is 0 Å². The van der Waals surface area contributed by atoms with E-state index in [-0.39, 0.29) is 4.90 Å². The van der Waals surface area contributed by atoms with Crippen molar-refractivity contribution in [2.45, 2.75) is 4.90 Å². The predicted octanol–water partition coefficient (Wildman–Crippen LogP) is 3.24. The number of hydrazone groups is 1. The van der Waals surface area contributed by atoms with E-state index in [2.05, 4.69) is 9.93 Å². The lowest BCUT2D eigenvalue weighted by molar-refractivity contribution is 0.0734. The van der Waals surface area contributed by atoms with Gasteiger partial charge in [-0.2, -0.15) is 13.5 Å². The quantitative estimate of drug-likeness (QED) is 0.250. The van der Waals surface area contributed by atoms with E-state index in [9.17, 15) is 13.2 Å². The van der Waals surface area contributed by atoms with Gasteiger partial charge in [0.2, 0.25) is 0 Å². The molecule has 9 heteroatoms. The number of benzene rings is 3. The van der Waals surface area contributed by atoms with Gasteiger partial charge >= 0.3 is 5.97 Å². The number of carbonyl (C=O) groups is 1. The highest BCUT2D eigenvalue weighted by Crippen LogP contribution is 2.28. The molecule has 0 spiro atoms. The molecule has 0 heterocycles. The fraction of sp³-hybridized carbons (Fsp3) is 0.0909. The molecule has 0 aliphatic carbocycles.